The summed E-state index contributed by atoms with van der Waals surface area (Å²) in [4.78, 5) is 12.3. The molecular weight excluding hydrogens is 426 g/mol. The van der Waals surface area contributed by atoms with E-state index < -0.39 is 25.3 Å². The molecular formula is C20H33N3O5S2. The van der Waals surface area contributed by atoms with Gasteiger partial charge in [-0.1, -0.05) is 25.3 Å². The molecule has 0 unspecified atom stereocenters. The van der Waals surface area contributed by atoms with Gasteiger partial charge in [0.1, 0.15) is 0 Å². The zero-order chi connectivity index (χ0) is 22.2. The average molecular weight is 460 g/mol. The van der Waals surface area contributed by atoms with E-state index in [4.69, 9.17) is 0 Å². The van der Waals surface area contributed by atoms with Gasteiger partial charge in [0, 0.05) is 24.7 Å². The minimum absolute atomic E-state index is 0.0323. The van der Waals surface area contributed by atoms with Crippen molar-refractivity contribution in [1.29, 1.82) is 0 Å². The van der Waals surface area contributed by atoms with Crippen LogP contribution >= 0.6 is 0 Å². The number of hydrogen-bond donors (Lipinski definition) is 3. The normalized spacial score (nSPS) is 16.0. The Hall–Kier alpha value is -1.49. The summed E-state index contributed by atoms with van der Waals surface area (Å²) in [6, 6.07) is 6.19. The summed E-state index contributed by atoms with van der Waals surface area (Å²) in [6.45, 7) is 3.50. The minimum Gasteiger partial charge on any atom is -0.326 e. The van der Waals surface area contributed by atoms with Crippen molar-refractivity contribution in [2.75, 3.05) is 11.9 Å². The molecule has 0 saturated heterocycles. The first-order valence-corrected chi connectivity index (χ1v) is 13.5. The summed E-state index contributed by atoms with van der Waals surface area (Å²) in [6.07, 6.45) is 6.19. The van der Waals surface area contributed by atoms with Gasteiger partial charge in [-0.3, -0.25) is 4.79 Å². The number of anilines is 1. The molecule has 10 heteroatoms. The van der Waals surface area contributed by atoms with Gasteiger partial charge in [0.2, 0.25) is 26.0 Å². The Balaban J connectivity index is 1.82. The average Bonchev–Trinajstić information content (AvgIpc) is 2.68. The lowest BCUT2D eigenvalue weighted by Gasteiger charge is -2.22. The third-order valence-electron chi connectivity index (χ3n) is 5.11. The van der Waals surface area contributed by atoms with Crippen molar-refractivity contribution in [2.45, 2.75) is 81.4 Å². The van der Waals surface area contributed by atoms with Crippen LogP contribution in [-0.2, 0) is 24.8 Å². The van der Waals surface area contributed by atoms with Crippen molar-refractivity contribution in [1.82, 2.24) is 9.44 Å². The number of carbonyl (C=O) groups is 1. The van der Waals surface area contributed by atoms with E-state index in [9.17, 15) is 21.6 Å². The quantitative estimate of drug-likeness (QED) is 0.439. The lowest BCUT2D eigenvalue weighted by atomic mass is 9.96. The fraction of sp³-hybridized carbons (Fsp3) is 0.650. The highest BCUT2D eigenvalue weighted by atomic mass is 32.2. The molecule has 170 valence electrons. The second kappa shape index (κ2) is 11.2. The van der Waals surface area contributed by atoms with Crippen LogP contribution in [0.1, 0.15) is 65.2 Å². The Morgan fingerprint density at radius 3 is 2.43 bits per heavy atom. The smallest absolute Gasteiger partial charge is 0.240 e. The van der Waals surface area contributed by atoms with Crippen LogP contribution in [0, 0.1) is 0 Å². The molecule has 0 aliphatic heterocycles. The van der Waals surface area contributed by atoms with Crippen molar-refractivity contribution in [3.63, 3.8) is 0 Å². The van der Waals surface area contributed by atoms with E-state index in [1.165, 1.54) is 12.1 Å². The maximum absolute atomic E-state index is 12.6. The van der Waals surface area contributed by atoms with Gasteiger partial charge in [-0.25, -0.2) is 26.3 Å². The molecule has 2 rings (SSSR count). The Morgan fingerprint density at radius 2 is 1.77 bits per heavy atom. The van der Waals surface area contributed by atoms with Crippen LogP contribution < -0.4 is 14.8 Å². The molecule has 0 atom stereocenters. The Bertz CT molecular complexity index is 908. The van der Waals surface area contributed by atoms with Crippen molar-refractivity contribution in [2.24, 2.45) is 0 Å². The Morgan fingerprint density at radius 1 is 1.07 bits per heavy atom. The summed E-state index contributed by atoms with van der Waals surface area (Å²) < 4.78 is 53.9. The number of carbonyl (C=O) groups excluding carboxylic acids is 1. The maximum atomic E-state index is 12.6. The molecule has 1 amide bonds. The lowest BCUT2D eigenvalue weighted by Crippen LogP contribution is -2.36. The molecule has 0 heterocycles. The monoisotopic (exact) mass is 459 g/mol. The molecule has 8 nitrogen and oxygen atoms in total. The first-order valence-electron chi connectivity index (χ1n) is 10.5. The molecule has 1 aliphatic rings. The number of nitrogens with one attached hydrogen (secondary N) is 3. The standard InChI is InChI=1S/C20H33N3O5S2/c1-16(2)29(25,26)21-14-7-6-13-20(24)22-18-11-8-12-19(15-18)30(27,28)23-17-9-4-3-5-10-17/h8,11-12,15-17,21,23H,3-7,9-10,13-14H2,1-2H3,(H,22,24). The molecule has 0 aromatic heterocycles. The first-order chi connectivity index (χ1) is 14.1. The molecule has 1 saturated carbocycles. The zero-order valence-corrected chi connectivity index (χ0v) is 19.3. The van der Waals surface area contributed by atoms with Crippen LogP contribution in [0.5, 0.6) is 0 Å². The van der Waals surface area contributed by atoms with E-state index in [2.05, 4.69) is 14.8 Å². The van der Waals surface area contributed by atoms with E-state index >= 15 is 0 Å². The van der Waals surface area contributed by atoms with Crippen LogP contribution in [0.3, 0.4) is 0 Å². The Kier molecular flexibility index (Phi) is 9.27. The van der Waals surface area contributed by atoms with Gasteiger partial charge in [-0.15, -0.1) is 0 Å². The summed E-state index contributed by atoms with van der Waals surface area (Å²) in [5.41, 5.74) is 0.423. The number of hydrogen-bond acceptors (Lipinski definition) is 5. The Labute approximate surface area is 180 Å². The number of unbranched alkanes of at least 4 members (excludes halogenated alkanes) is 1. The molecule has 1 aromatic carbocycles. The van der Waals surface area contributed by atoms with Crippen LogP contribution in [-0.4, -0.2) is 40.6 Å². The van der Waals surface area contributed by atoms with Gasteiger partial charge in [0.25, 0.3) is 0 Å². The summed E-state index contributed by atoms with van der Waals surface area (Å²) in [7, 11) is -6.92. The summed E-state index contributed by atoms with van der Waals surface area (Å²) in [5, 5.41) is 2.22. The van der Waals surface area contributed by atoms with Crippen molar-refractivity contribution in [3.05, 3.63) is 24.3 Å². The van der Waals surface area contributed by atoms with E-state index in [0.29, 0.717) is 18.5 Å². The summed E-state index contributed by atoms with van der Waals surface area (Å²) >= 11 is 0. The number of benzene rings is 1. The first kappa shape index (κ1) is 24.8. The van der Waals surface area contributed by atoms with Gasteiger partial charge >= 0.3 is 0 Å². The van der Waals surface area contributed by atoms with Gasteiger partial charge in [-0.05, 0) is 57.7 Å². The van der Waals surface area contributed by atoms with Crippen LogP contribution in [0.25, 0.3) is 0 Å². The van der Waals surface area contributed by atoms with Crippen LogP contribution in [0.15, 0.2) is 29.2 Å². The molecule has 0 spiro atoms. The topological polar surface area (TPSA) is 121 Å². The van der Waals surface area contributed by atoms with Crippen LogP contribution in [0.4, 0.5) is 5.69 Å². The van der Waals surface area contributed by atoms with E-state index in [-0.39, 0.29) is 29.8 Å². The van der Waals surface area contributed by atoms with E-state index in [1.54, 1.807) is 26.0 Å². The predicted octanol–water partition coefficient (Wildman–Crippen LogP) is 2.73. The highest BCUT2D eigenvalue weighted by molar-refractivity contribution is 7.90. The van der Waals surface area contributed by atoms with Gasteiger partial charge in [0.05, 0.1) is 10.1 Å². The zero-order valence-electron chi connectivity index (χ0n) is 17.7. The van der Waals surface area contributed by atoms with E-state index in [1.807, 2.05) is 0 Å². The second-order valence-electron chi connectivity index (χ2n) is 7.98. The SMILES string of the molecule is CC(C)S(=O)(=O)NCCCCC(=O)Nc1cccc(S(=O)(=O)NC2CCCCC2)c1. The summed E-state index contributed by atoms with van der Waals surface area (Å²) in [5.74, 6) is -0.239. The predicted molar refractivity (Wildman–Crippen MR) is 118 cm³/mol. The third-order valence-corrected chi connectivity index (χ3v) is 8.48. The molecule has 0 radical (unpaired) electrons. The number of amides is 1. The number of sulfonamides is 2. The van der Waals surface area contributed by atoms with Crippen molar-refractivity contribution >= 4 is 31.6 Å². The van der Waals surface area contributed by atoms with Gasteiger partial charge in [0.15, 0.2) is 0 Å². The fourth-order valence-electron chi connectivity index (χ4n) is 3.26. The molecule has 1 aromatic rings. The molecule has 3 N–H and O–H groups in total. The molecule has 1 aliphatic carbocycles. The minimum atomic E-state index is -3.63. The lowest BCUT2D eigenvalue weighted by molar-refractivity contribution is -0.116. The third kappa shape index (κ3) is 7.98. The maximum Gasteiger partial charge on any atom is 0.240 e. The highest BCUT2D eigenvalue weighted by Gasteiger charge is 2.22. The highest BCUT2D eigenvalue weighted by Crippen LogP contribution is 2.21. The van der Waals surface area contributed by atoms with E-state index in [0.717, 1.165) is 32.1 Å². The van der Waals surface area contributed by atoms with Crippen molar-refractivity contribution in [3.8, 4) is 0 Å². The largest absolute Gasteiger partial charge is 0.326 e. The van der Waals surface area contributed by atoms with Gasteiger partial charge in [-0.2, -0.15) is 0 Å². The second-order valence-corrected chi connectivity index (χ2v) is 12.0. The van der Waals surface area contributed by atoms with Crippen molar-refractivity contribution < 1.29 is 21.6 Å². The fourth-order valence-corrected chi connectivity index (χ4v) is 5.38. The molecule has 1 fully saturated rings. The molecule has 0 bridgehead atoms. The number of rotatable bonds is 11. The van der Waals surface area contributed by atoms with Gasteiger partial charge < -0.3 is 5.32 Å². The van der Waals surface area contributed by atoms with Crippen LogP contribution in [0.2, 0.25) is 0 Å². The molecule has 30 heavy (non-hydrogen) atoms.